The molecule has 0 N–H and O–H groups in total. The van der Waals surface area contributed by atoms with Crippen molar-refractivity contribution in [2.24, 2.45) is 0 Å². The first kappa shape index (κ1) is 18.9. The summed E-state index contributed by atoms with van der Waals surface area (Å²) < 4.78 is 15.6. The Morgan fingerprint density at radius 2 is 1.90 bits per heavy atom. The predicted molar refractivity (Wildman–Crippen MR) is 75.8 cm³/mol. The Hall–Kier alpha value is -1.11. The van der Waals surface area contributed by atoms with Gasteiger partial charge in [-0.3, -0.25) is 9.63 Å². The molecule has 0 bridgehead atoms. The van der Waals surface area contributed by atoms with Crippen LogP contribution in [-0.2, 0) is 23.8 Å². The van der Waals surface area contributed by atoms with Crippen molar-refractivity contribution < 1.29 is 23.8 Å². The van der Waals surface area contributed by atoms with Crippen molar-refractivity contribution in [2.75, 3.05) is 41.3 Å². The second-order valence-corrected chi connectivity index (χ2v) is 4.24. The lowest BCUT2D eigenvalue weighted by Gasteiger charge is -2.17. The van der Waals surface area contributed by atoms with Crippen LogP contribution in [0.5, 0.6) is 0 Å². The molecule has 20 heavy (non-hydrogen) atoms. The maximum absolute atomic E-state index is 12.0. The fourth-order valence-electron chi connectivity index (χ4n) is 1.61. The lowest BCUT2D eigenvalue weighted by molar-refractivity contribution is -0.164. The van der Waals surface area contributed by atoms with Gasteiger partial charge in [0.2, 0.25) is 0 Å². The van der Waals surface area contributed by atoms with Crippen LogP contribution >= 0.6 is 0 Å². The van der Waals surface area contributed by atoms with Crippen LogP contribution in [0.2, 0.25) is 0 Å². The molecule has 0 aliphatic rings. The minimum atomic E-state index is -0.188. The molecule has 0 heterocycles. The highest BCUT2D eigenvalue weighted by molar-refractivity contribution is 5.92. The first-order valence-corrected chi connectivity index (χ1v) is 6.79. The zero-order chi connectivity index (χ0) is 15.4. The van der Waals surface area contributed by atoms with E-state index < -0.39 is 0 Å². The van der Waals surface area contributed by atoms with Gasteiger partial charge in [0.1, 0.15) is 12.6 Å². The van der Waals surface area contributed by atoms with E-state index in [0.717, 1.165) is 12.8 Å². The fraction of sp³-hybridized carbons (Fsp3) is 0.786. The topological polar surface area (TPSA) is 57.2 Å². The maximum Gasteiger partial charge on any atom is 0.276 e. The van der Waals surface area contributed by atoms with Crippen LogP contribution in [0.3, 0.4) is 0 Å². The number of unbranched alkanes of at least 4 members (excludes halogenated alkanes) is 1. The first-order chi connectivity index (χ1) is 9.58. The number of hydrogen-bond donors (Lipinski definition) is 0. The number of hydrogen-bond acceptors (Lipinski definition) is 5. The van der Waals surface area contributed by atoms with Crippen molar-refractivity contribution in [1.29, 1.82) is 0 Å². The second-order valence-electron chi connectivity index (χ2n) is 4.24. The third-order valence-corrected chi connectivity index (χ3v) is 2.76. The number of hydroxylamine groups is 2. The van der Waals surface area contributed by atoms with Gasteiger partial charge in [-0.25, -0.2) is 5.06 Å². The zero-order valence-corrected chi connectivity index (χ0v) is 13.2. The van der Waals surface area contributed by atoms with E-state index >= 15 is 0 Å². The third-order valence-electron chi connectivity index (χ3n) is 2.76. The van der Waals surface area contributed by atoms with E-state index in [1.54, 1.807) is 21.1 Å². The molecule has 0 aliphatic heterocycles. The zero-order valence-electron chi connectivity index (χ0n) is 13.2. The Morgan fingerprint density at radius 1 is 1.20 bits per heavy atom. The summed E-state index contributed by atoms with van der Waals surface area (Å²) in [4.78, 5) is 16.9. The molecule has 0 aliphatic carbocycles. The van der Waals surface area contributed by atoms with Crippen LogP contribution < -0.4 is 0 Å². The summed E-state index contributed by atoms with van der Waals surface area (Å²) in [6.45, 7) is 5.14. The molecule has 0 fully saturated rings. The lowest BCUT2D eigenvalue weighted by Crippen LogP contribution is -2.27. The highest BCUT2D eigenvalue weighted by atomic mass is 16.7. The summed E-state index contributed by atoms with van der Waals surface area (Å²) in [7, 11) is 4.63. The molecule has 0 radical (unpaired) electrons. The van der Waals surface area contributed by atoms with Gasteiger partial charge in [-0.15, -0.1) is 0 Å². The molecule has 0 atom stereocenters. The van der Waals surface area contributed by atoms with Crippen molar-refractivity contribution in [3.8, 4) is 0 Å². The largest absolute Gasteiger partial charge is 0.498 e. The lowest BCUT2D eigenvalue weighted by atomic mass is 10.1. The molecule has 0 rings (SSSR count). The minimum Gasteiger partial charge on any atom is -0.498 e. The van der Waals surface area contributed by atoms with Crippen molar-refractivity contribution in [3.05, 3.63) is 11.3 Å². The minimum absolute atomic E-state index is 0.188. The van der Waals surface area contributed by atoms with E-state index in [9.17, 15) is 4.79 Å². The van der Waals surface area contributed by atoms with Crippen LogP contribution in [-0.4, -0.2) is 52.2 Å². The molecule has 0 unspecified atom stereocenters. The van der Waals surface area contributed by atoms with E-state index in [-0.39, 0.29) is 5.91 Å². The molecular weight excluding hydrogens is 262 g/mol. The quantitative estimate of drug-likeness (QED) is 0.192. The van der Waals surface area contributed by atoms with Gasteiger partial charge < -0.3 is 14.2 Å². The molecule has 0 spiro atoms. The third kappa shape index (κ3) is 7.47. The van der Waals surface area contributed by atoms with Gasteiger partial charge in [0.15, 0.2) is 0 Å². The normalized spacial score (nSPS) is 12.1. The van der Waals surface area contributed by atoms with Crippen LogP contribution in [0.1, 0.15) is 33.1 Å². The molecule has 0 aromatic carbocycles. The van der Waals surface area contributed by atoms with Crippen molar-refractivity contribution in [2.45, 2.75) is 33.1 Å². The Labute approximate surface area is 121 Å². The van der Waals surface area contributed by atoms with Crippen LogP contribution in [0, 0.1) is 0 Å². The fourth-order valence-corrected chi connectivity index (χ4v) is 1.61. The van der Waals surface area contributed by atoms with Crippen molar-refractivity contribution in [1.82, 2.24) is 5.06 Å². The van der Waals surface area contributed by atoms with Gasteiger partial charge >= 0.3 is 0 Å². The average Bonchev–Trinajstić information content (AvgIpc) is 2.47. The van der Waals surface area contributed by atoms with Gasteiger partial charge in [0, 0.05) is 27.2 Å². The SMILES string of the molecule is CCO/C(CCCCOCOC)=C(/C)C(=O)N(C)OC. The number of nitrogens with zero attached hydrogens (tertiary/aromatic N) is 1. The number of allylic oxidation sites excluding steroid dienone is 1. The standard InChI is InChI=1S/C14H27NO5/c1-6-20-13(9-7-8-10-19-11-17-4)12(2)14(16)15(3)18-5/h6-11H2,1-5H3/b13-12-. The molecule has 0 aromatic heterocycles. The number of carbonyl (C=O) groups excluding carboxylic acids is 1. The summed E-state index contributed by atoms with van der Waals surface area (Å²) in [5.74, 6) is 0.528. The highest BCUT2D eigenvalue weighted by Crippen LogP contribution is 2.16. The number of amides is 1. The Morgan fingerprint density at radius 3 is 2.45 bits per heavy atom. The van der Waals surface area contributed by atoms with Crippen LogP contribution in [0.4, 0.5) is 0 Å². The van der Waals surface area contributed by atoms with E-state index in [0.29, 0.717) is 37.8 Å². The smallest absolute Gasteiger partial charge is 0.276 e. The Kier molecular flexibility index (Phi) is 11.0. The van der Waals surface area contributed by atoms with Gasteiger partial charge in [-0.2, -0.15) is 0 Å². The van der Waals surface area contributed by atoms with Crippen molar-refractivity contribution in [3.63, 3.8) is 0 Å². The van der Waals surface area contributed by atoms with E-state index in [2.05, 4.69) is 0 Å². The Bertz CT molecular complexity index is 304. The van der Waals surface area contributed by atoms with Crippen molar-refractivity contribution >= 4 is 5.91 Å². The summed E-state index contributed by atoms with van der Waals surface area (Å²) in [6.07, 6.45) is 2.49. The van der Waals surface area contributed by atoms with Gasteiger partial charge in [0.25, 0.3) is 5.91 Å². The molecule has 0 saturated heterocycles. The average molecular weight is 289 g/mol. The number of rotatable bonds is 11. The summed E-state index contributed by atoms with van der Waals surface area (Å²) in [6, 6.07) is 0. The van der Waals surface area contributed by atoms with Crippen LogP contribution in [0.15, 0.2) is 11.3 Å². The molecule has 6 nitrogen and oxygen atoms in total. The summed E-state index contributed by atoms with van der Waals surface area (Å²) >= 11 is 0. The number of carbonyl (C=O) groups is 1. The molecule has 1 amide bonds. The number of likely N-dealkylation sites (N-methyl/N-ethyl adjacent to an activating group) is 1. The van der Waals surface area contributed by atoms with Gasteiger partial charge in [0.05, 0.1) is 19.3 Å². The van der Waals surface area contributed by atoms with Gasteiger partial charge in [-0.1, -0.05) is 0 Å². The molecule has 0 aromatic rings. The predicted octanol–water partition coefficient (Wildman–Crippen LogP) is 2.11. The second kappa shape index (κ2) is 11.7. The monoisotopic (exact) mass is 289 g/mol. The number of ether oxygens (including phenoxy) is 3. The van der Waals surface area contributed by atoms with Gasteiger partial charge in [-0.05, 0) is 26.7 Å². The maximum atomic E-state index is 12.0. The Balaban J connectivity index is 4.35. The van der Waals surface area contributed by atoms with E-state index in [4.69, 9.17) is 19.0 Å². The summed E-state index contributed by atoms with van der Waals surface area (Å²) in [5, 5.41) is 1.19. The van der Waals surface area contributed by atoms with E-state index in [1.165, 1.54) is 12.2 Å². The van der Waals surface area contributed by atoms with Crippen LogP contribution in [0.25, 0.3) is 0 Å². The van der Waals surface area contributed by atoms with E-state index in [1.807, 2.05) is 6.92 Å². The summed E-state index contributed by atoms with van der Waals surface area (Å²) in [5.41, 5.74) is 0.578. The first-order valence-electron chi connectivity index (χ1n) is 6.79. The molecule has 118 valence electrons. The molecule has 0 saturated carbocycles. The number of methoxy groups -OCH3 is 1. The highest BCUT2D eigenvalue weighted by Gasteiger charge is 2.16. The molecule has 6 heteroatoms. The molecular formula is C14H27NO5.